The molecule has 1 unspecified atom stereocenters. The first-order valence-electron chi connectivity index (χ1n) is 10.3. The van der Waals surface area contributed by atoms with Crippen molar-refractivity contribution in [3.63, 3.8) is 0 Å². The van der Waals surface area contributed by atoms with E-state index in [4.69, 9.17) is 4.52 Å². The van der Waals surface area contributed by atoms with Gasteiger partial charge in [-0.3, -0.25) is 15.0 Å². The smallest absolute Gasteiger partial charge is 0.240 e. The van der Waals surface area contributed by atoms with Gasteiger partial charge in [0.1, 0.15) is 0 Å². The van der Waals surface area contributed by atoms with E-state index in [1.807, 2.05) is 25.7 Å². The Morgan fingerprint density at radius 2 is 2.03 bits per heavy atom. The van der Waals surface area contributed by atoms with E-state index in [1.54, 1.807) is 30.3 Å². The molecule has 1 amide bonds. The van der Waals surface area contributed by atoms with Gasteiger partial charge in [-0.1, -0.05) is 36.7 Å². The highest BCUT2D eigenvalue weighted by molar-refractivity contribution is 7.89. The minimum atomic E-state index is -3.53. The molecule has 0 spiro atoms. The van der Waals surface area contributed by atoms with E-state index in [-0.39, 0.29) is 29.2 Å². The molecule has 1 aromatic heterocycles. The predicted octanol–water partition coefficient (Wildman–Crippen LogP) is 2.74. The van der Waals surface area contributed by atoms with Gasteiger partial charge in [0.2, 0.25) is 21.8 Å². The van der Waals surface area contributed by atoms with Crippen LogP contribution in [0.25, 0.3) is 0 Å². The molecule has 1 atom stereocenters. The molecule has 9 heteroatoms. The second-order valence-electron chi connectivity index (χ2n) is 8.23. The van der Waals surface area contributed by atoms with E-state index in [0.717, 1.165) is 30.6 Å². The van der Waals surface area contributed by atoms with Crippen LogP contribution in [-0.2, 0) is 14.8 Å². The number of carbonyl (C=O) groups is 1. The maximum atomic E-state index is 12.5. The van der Waals surface area contributed by atoms with E-state index in [2.05, 4.69) is 15.2 Å². The standard InChI is InChI=1S/C21H30N4O4S/c1-15(2)19-11-21(29-24-19)23-20(26)14-25-10-4-5-17(13-25)12-22-30(27,28)18-8-6-16(3)7-9-18/h6-9,11,15,17,22H,4-5,10,12-14H2,1-3H3,(H,23,26). The number of piperidine rings is 1. The molecule has 3 rings (SSSR count). The van der Waals surface area contributed by atoms with Crippen molar-refractivity contribution < 1.29 is 17.7 Å². The average Bonchev–Trinajstić information content (AvgIpc) is 3.16. The Hall–Kier alpha value is -2.23. The Bertz CT molecular complexity index is 954. The van der Waals surface area contributed by atoms with E-state index in [9.17, 15) is 13.2 Å². The van der Waals surface area contributed by atoms with Gasteiger partial charge < -0.3 is 4.52 Å². The Balaban J connectivity index is 1.48. The molecule has 2 N–H and O–H groups in total. The molecule has 1 aromatic carbocycles. The summed E-state index contributed by atoms with van der Waals surface area (Å²) in [7, 11) is -3.53. The van der Waals surface area contributed by atoms with Gasteiger partial charge >= 0.3 is 0 Å². The zero-order valence-corrected chi connectivity index (χ0v) is 18.5. The van der Waals surface area contributed by atoms with Gasteiger partial charge in [0.15, 0.2) is 0 Å². The molecule has 0 aliphatic carbocycles. The molecule has 1 aliphatic rings. The van der Waals surface area contributed by atoms with Crippen molar-refractivity contribution >= 4 is 21.8 Å². The zero-order chi connectivity index (χ0) is 21.7. The van der Waals surface area contributed by atoms with Crippen molar-refractivity contribution in [2.45, 2.75) is 44.4 Å². The van der Waals surface area contributed by atoms with Crippen molar-refractivity contribution in [2.75, 3.05) is 31.5 Å². The molecule has 1 aliphatic heterocycles. The van der Waals surface area contributed by atoms with Crippen LogP contribution in [0.5, 0.6) is 0 Å². The summed E-state index contributed by atoms with van der Waals surface area (Å²) in [6.45, 7) is 7.99. The third-order valence-electron chi connectivity index (χ3n) is 5.25. The van der Waals surface area contributed by atoms with Crippen LogP contribution in [0.15, 0.2) is 39.8 Å². The number of amides is 1. The topological polar surface area (TPSA) is 105 Å². The number of sulfonamides is 1. The fourth-order valence-corrected chi connectivity index (χ4v) is 4.61. The fraction of sp³-hybridized carbons (Fsp3) is 0.524. The highest BCUT2D eigenvalue weighted by atomic mass is 32.2. The van der Waals surface area contributed by atoms with Crippen LogP contribution >= 0.6 is 0 Å². The van der Waals surface area contributed by atoms with Crippen LogP contribution in [-0.4, -0.2) is 50.6 Å². The maximum absolute atomic E-state index is 12.5. The summed E-state index contributed by atoms with van der Waals surface area (Å²) in [6, 6.07) is 8.54. The van der Waals surface area contributed by atoms with E-state index in [0.29, 0.717) is 19.0 Å². The number of nitrogens with one attached hydrogen (secondary N) is 2. The minimum Gasteiger partial charge on any atom is -0.338 e. The Kier molecular flexibility index (Phi) is 7.27. The molecule has 2 aromatic rings. The van der Waals surface area contributed by atoms with E-state index >= 15 is 0 Å². The molecular weight excluding hydrogens is 404 g/mol. The van der Waals surface area contributed by atoms with E-state index in [1.165, 1.54) is 0 Å². The number of aromatic nitrogens is 1. The number of benzene rings is 1. The molecular formula is C21H30N4O4S. The zero-order valence-electron chi connectivity index (χ0n) is 17.7. The molecule has 2 heterocycles. The van der Waals surface area contributed by atoms with E-state index < -0.39 is 10.0 Å². The number of carbonyl (C=O) groups excluding carboxylic acids is 1. The fourth-order valence-electron chi connectivity index (χ4n) is 3.49. The highest BCUT2D eigenvalue weighted by Crippen LogP contribution is 2.19. The number of hydrogen-bond donors (Lipinski definition) is 2. The summed E-state index contributed by atoms with van der Waals surface area (Å²) in [5, 5.41) is 6.68. The first kappa shape index (κ1) is 22.5. The molecule has 8 nitrogen and oxygen atoms in total. The third kappa shape index (κ3) is 6.13. The molecule has 0 saturated carbocycles. The van der Waals surface area contributed by atoms with Crippen molar-refractivity contribution in [1.82, 2.24) is 14.8 Å². The van der Waals surface area contributed by atoms with Crippen LogP contribution in [0.1, 0.15) is 43.9 Å². The molecule has 164 valence electrons. The summed E-state index contributed by atoms with van der Waals surface area (Å²) in [4.78, 5) is 14.7. The summed E-state index contributed by atoms with van der Waals surface area (Å²) in [5.41, 5.74) is 1.81. The van der Waals surface area contributed by atoms with Gasteiger partial charge in [-0.05, 0) is 50.3 Å². The van der Waals surface area contributed by atoms with Gasteiger partial charge in [0, 0.05) is 19.2 Å². The van der Waals surface area contributed by atoms with Crippen LogP contribution in [0.4, 0.5) is 5.88 Å². The first-order valence-corrected chi connectivity index (χ1v) is 11.8. The Labute approximate surface area is 178 Å². The van der Waals surface area contributed by atoms with Gasteiger partial charge in [0.25, 0.3) is 0 Å². The lowest BCUT2D eigenvalue weighted by molar-refractivity contribution is -0.117. The van der Waals surface area contributed by atoms with Gasteiger partial charge in [-0.25, -0.2) is 13.1 Å². The SMILES string of the molecule is Cc1ccc(S(=O)(=O)NCC2CCCN(CC(=O)Nc3cc(C(C)C)no3)C2)cc1. The molecule has 30 heavy (non-hydrogen) atoms. The van der Waals surface area contributed by atoms with Crippen LogP contribution in [0.2, 0.25) is 0 Å². The van der Waals surface area contributed by atoms with Gasteiger partial charge in [-0.15, -0.1) is 0 Å². The van der Waals surface area contributed by atoms with Crippen LogP contribution in [0.3, 0.4) is 0 Å². The number of hydrogen-bond acceptors (Lipinski definition) is 6. The van der Waals surface area contributed by atoms with Crippen molar-refractivity contribution in [3.05, 3.63) is 41.6 Å². The second-order valence-corrected chi connectivity index (χ2v) is 9.99. The molecule has 1 fully saturated rings. The third-order valence-corrected chi connectivity index (χ3v) is 6.69. The second kappa shape index (κ2) is 9.72. The van der Waals surface area contributed by atoms with Gasteiger partial charge in [-0.2, -0.15) is 0 Å². The van der Waals surface area contributed by atoms with Crippen LogP contribution in [0, 0.1) is 12.8 Å². The number of rotatable bonds is 8. The molecule has 0 radical (unpaired) electrons. The first-order chi connectivity index (χ1) is 14.2. The Morgan fingerprint density at radius 3 is 2.70 bits per heavy atom. The lowest BCUT2D eigenvalue weighted by Crippen LogP contribution is -2.43. The quantitative estimate of drug-likeness (QED) is 0.662. The Morgan fingerprint density at radius 1 is 1.30 bits per heavy atom. The normalized spacial score (nSPS) is 17.9. The monoisotopic (exact) mass is 434 g/mol. The van der Waals surface area contributed by atoms with Crippen LogP contribution < -0.4 is 10.0 Å². The maximum Gasteiger partial charge on any atom is 0.240 e. The molecule has 1 saturated heterocycles. The summed E-state index contributed by atoms with van der Waals surface area (Å²) in [6.07, 6.45) is 1.85. The number of anilines is 1. The summed E-state index contributed by atoms with van der Waals surface area (Å²) < 4.78 is 32.9. The number of nitrogens with zero attached hydrogens (tertiary/aromatic N) is 2. The molecule has 0 bridgehead atoms. The largest absolute Gasteiger partial charge is 0.338 e. The highest BCUT2D eigenvalue weighted by Gasteiger charge is 2.24. The van der Waals surface area contributed by atoms with Crippen molar-refractivity contribution in [1.29, 1.82) is 0 Å². The summed E-state index contributed by atoms with van der Waals surface area (Å²) in [5.74, 6) is 0.570. The van der Waals surface area contributed by atoms with Crippen molar-refractivity contribution in [3.8, 4) is 0 Å². The van der Waals surface area contributed by atoms with Crippen molar-refractivity contribution in [2.24, 2.45) is 5.92 Å². The number of aryl methyl sites for hydroxylation is 1. The lowest BCUT2D eigenvalue weighted by Gasteiger charge is -2.32. The minimum absolute atomic E-state index is 0.157. The lowest BCUT2D eigenvalue weighted by atomic mass is 9.98. The predicted molar refractivity (Wildman–Crippen MR) is 115 cm³/mol. The van der Waals surface area contributed by atoms with Gasteiger partial charge in [0.05, 0.1) is 17.1 Å². The number of likely N-dealkylation sites (tertiary alicyclic amines) is 1. The average molecular weight is 435 g/mol. The summed E-state index contributed by atoms with van der Waals surface area (Å²) >= 11 is 0.